The molecular formula is C18H24N2O2. The first-order chi connectivity index (χ1) is 10.6. The van der Waals surface area contributed by atoms with E-state index in [1.165, 1.54) is 19.3 Å². The largest absolute Gasteiger partial charge is 0.339 e. The minimum absolute atomic E-state index is 0.0303. The molecule has 0 unspecified atom stereocenters. The van der Waals surface area contributed by atoms with E-state index in [1.54, 1.807) is 0 Å². The number of rotatable bonds is 3. The average molecular weight is 300 g/mol. The van der Waals surface area contributed by atoms with Crippen molar-refractivity contribution in [3.63, 3.8) is 0 Å². The molecule has 2 amide bonds. The molecule has 1 aromatic rings. The predicted molar refractivity (Wildman–Crippen MR) is 86.5 cm³/mol. The standard InChI is InChI=1S/C18H24N2O2/c1-13-6-5-7-15(10-13)19-18(22)14-11-17(21)20(12-14)16-8-3-2-4-9-16/h5-7,10,14,16H,2-4,8-9,11-12H2,1H3,(H,19,22)/t14-/m1/s1. The lowest BCUT2D eigenvalue weighted by atomic mass is 9.94. The van der Waals surface area contributed by atoms with Crippen molar-refractivity contribution in [2.24, 2.45) is 5.92 Å². The van der Waals surface area contributed by atoms with Crippen LogP contribution in [-0.2, 0) is 9.59 Å². The molecule has 4 heteroatoms. The van der Waals surface area contributed by atoms with Gasteiger partial charge >= 0.3 is 0 Å². The quantitative estimate of drug-likeness (QED) is 0.932. The predicted octanol–water partition coefficient (Wildman–Crippen LogP) is 3.11. The van der Waals surface area contributed by atoms with Gasteiger partial charge in [-0.15, -0.1) is 0 Å². The van der Waals surface area contributed by atoms with E-state index in [9.17, 15) is 9.59 Å². The molecule has 22 heavy (non-hydrogen) atoms. The maximum absolute atomic E-state index is 12.4. The van der Waals surface area contributed by atoms with E-state index in [0.29, 0.717) is 19.0 Å². The van der Waals surface area contributed by atoms with Crippen LogP contribution in [0.2, 0.25) is 0 Å². The van der Waals surface area contributed by atoms with E-state index < -0.39 is 0 Å². The number of hydrogen-bond acceptors (Lipinski definition) is 2. The van der Waals surface area contributed by atoms with Gasteiger partial charge in [0.25, 0.3) is 0 Å². The van der Waals surface area contributed by atoms with Crippen LogP contribution in [0.1, 0.15) is 44.1 Å². The number of benzene rings is 1. The summed E-state index contributed by atoms with van der Waals surface area (Å²) in [6.07, 6.45) is 6.23. The molecule has 118 valence electrons. The van der Waals surface area contributed by atoms with Gasteiger partial charge in [-0.1, -0.05) is 31.4 Å². The normalized spacial score (nSPS) is 22.9. The van der Waals surface area contributed by atoms with Crippen LogP contribution in [0.3, 0.4) is 0 Å². The summed E-state index contributed by atoms with van der Waals surface area (Å²) >= 11 is 0. The van der Waals surface area contributed by atoms with Gasteiger partial charge in [0.2, 0.25) is 11.8 Å². The van der Waals surface area contributed by atoms with E-state index >= 15 is 0 Å². The molecule has 1 saturated heterocycles. The van der Waals surface area contributed by atoms with Crippen molar-refractivity contribution in [1.29, 1.82) is 0 Å². The van der Waals surface area contributed by atoms with Crippen LogP contribution in [0, 0.1) is 12.8 Å². The van der Waals surface area contributed by atoms with Crippen molar-refractivity contribution in [3.05, 3.63) is 29.8 Å². The van der Waals surface area contributed by atoms with Gasteiger partial charge in [-0.05, 0) is 37.5 Å². The minimum Gasteiger partial charge on any atom is -0.339 e. The Morgan fingerprint density at radius 1 is 1.23 bits per heavy atom. The number of aryl methyl sites for hydroxylation is 1. The molecule has 1 N–H and O–H groups in total. The van der Waals surface area contributed by atoms with Gasteiger partial charge in [-0.25, -0.2) is 0 Å². The van der Waals surface area contributed by atoms with Crippen LogP contribution in [0.4, 0.5) is 5.69 Å². The van der Waals surface area contributed by atoms with Crippen molar-refractivity contribution < 1.29 is 9.59 Å². The molecular weight excluding hydrogens is 276 g/mol. The number of carbonyl (C=O) groups is 2. The highest BCUT2D eigenvalue weighted by Gasteiger charge is 2.38. The van der Waals surface area contributed by atoms with Crippen molar-refractivity contribution in [2.75, 3.05) is 11.9 Å². The highest BCUT2D eigenvalue weighted by molar-refractivity contribution is 5.97. The molecule has 2 aliphatic rings. The van der Waals surface area contributed by atoms with Crippen molar-refractivity contribution in [1.82, 2.24) is 4.90 Å². The van der Waals surface area contributed by atoms with Crippen LogP contribution in [0.15, 0.2) is 24.3 Å². The third-order valence-electron chi connectivity index (χ3n) is 4.83. The minimum atomic E-state index is -0.213. The topological polar surface area (TPSA) is 49.4 Å². The Labute approximate surface area is 131 Å². The summed E-state index contributed by atoms with van der Waals surface area (Å²) in [4.78, 5) is 26.6. The van der Waals surface area contributed by atoms with Crippen molar-refractivity contribution >= 4 is 17.5 Å². The summed E-state index contributed by atoms with van der Waals surface area (Å²) in [5.74, 6) is -0.0940. The Morgan fingerprint density at radius 3 is 2.73 bits per heavy atom. The number of hydrogen-bond donors (Lipinski definition) is 1. The number of nitrogens with zero attached hydrogens (tertiary/aromatic N) is 1. The smallest absolute Gasteiger partial charge is 0.229 e. The molecule has 0 radical (unpaired) electrons. The van der Waals surface area contributed by atoms with E-state index in [0.717, 1.165) is 24.1 Å². The summed E-state index contributed by atoms with van der Waals surface area (Å²) in [6, 6.07) is 8.13. The lowest BCUT2D eigenvalue weighted by Crippen LogP contribution is -2.38. The first-order valence-electron chi connectivity index (χ1n) is 8.30. The molecule has 0 spiro atoms. The number of anilines is 1. The van der Waals surface area contributed by atoms with Crippen LogP contribution in [-0.4, -0.2) is 29.3 Å². The summed E-state index contributed by atoms with van der Waals surface area (Å²) < 4.78 is 0. The molecule has 3 rings (SSSR count). The van der Waals surface area contributed by atoms with Gasteiger partial charge in [-0.3, -0.25) is 9.59 Å². The lowest BCUT2D eigenvalue weighted by molar-refractivity contribution is -0.130. The third kappa shape index (κ3) is 3.32. The zero-order chi connectivity index (χ0) is 15.5. The summed E-state index contributed by atoms with van der Waals surface area (Å²) in [6.45, 7) is 2.58. The third-order valence-corrected chi connectivity index (χ3v) is 4.83. The monoisotopic (exact) mass is 300 g/mol. The van der Waals surface area contributed by atoms with E-state index in [4.69, 9.17) is 0 Å². The number of likely N-dealkylation sites (tertiary alicyclic amines) is 1. The SMILES string of the molecule is Cc1cccc(NC(=O)[C@@H]2CC(=O)N(C3CCCCC3)C2)c1. The lowest BCUT2D eigenvalue weighted by Gasteiger charge is -2.31. The molecule has 1 saturated carbocycles. The molecule has 1 aliphatic carbocycles. The van der Waals surface area contributed by atoms with Gasteiger partial charge in [-0.2, -0.15) is 0 Å². The summed E-state index contributed by atoms with van der Waals surface area (Å²) in [5, 5.41) is 2.95. The zero-order valence-electron chi connectivity index (χ0n) is 13.2. The molecule has 1 heterocycles. The second kappa shape index (κ2) is 6.51. The molecule has 0 bridgehead atoms. The second-order valence-corrected chi connectivity index (χ2v) is 6.60. The van der Waals surface area contributed by atoms with E-state index in [-0.39, 0.29) is 17.7 Å². The molecule has 1 aromatic carbocycles. The van der Waals surface area contributed by atoms with Gasteiger partial charge in [0.1, 0.15) is 0 Å². The zero-order valence-corrected chi connectivity index (χ0v) is 13.2. The average Bonchev–Trinajstić information content (AvgIpc) is 2.90. The maximum Gasteiger partial charge on any atom is 0.229 e. The van der Waals surface area contributed by atoms with Crippen LogP contribution < -0.4 is 5.32 Å². The summed E-state index contributed by atoms with van der Waals surface area (Å²) in [7, 11) is 0. The molecule has 1 atom stereocenters. The van der Waals surface area contributed by atoms with Gasteiger partial charge in [0.15, 0.2) is 0 Å². The van der Waals surface area contributed by atoms with E-state index in [2.05, 4.69) is 5.32 Å². The van der Waals surface area contributed by atoms with Crippen molar-refractivity contribution in [2.45, 2.75) is 51.5 Å². The molecule has 0 aromatic heterocycles. The fraction of sp³-hybridized carbons (Fsp3) is 0.556. The van der Waals surface area contributed by atoms with Crippen molar-refractivity contribution in [3.8, 4) is 0 Å². The first kappa shape index (κ1) is 15.1. The number of nitrogens with one attached hydrogen (secondary N) is 1. The van der Waals surface area contributed by atoms with Crippen LogP contribution in [0.25, 0.3) is 0 Å². The van der Waals surface area contributed by atoms with Gasteiger partial charge < -0.3 is 10.2 Å². The fourth-order valence-electron chi connectivity index (χ4n) is 3.62. The van der Waals surface area contributed by atoms with Gasteiger partial charge in [0, 0.05) is 24.7 Å². The highest BCUT2D eigenvalue weighted by atomic mass is 16.2. The first-order valence-corrected chi connectivity index (χ1v) is 8.30. The maximum atomic E-state index is 12.4. The molecule has 2 fully saturated rings. The highest BCUT2D eigenvalue weighted by Crippen LogP contribution is 2.29. The fourth-order valence-corrected chi connectivity index (χ4v) is 3.62. The Hall–Kier alpha value is -1.84. The van der Waals surface area contributed by atoms with E-state index in [1.807, 2.05) is 36.1 Å². The van der Waals surface area contributed by atoms with Crippen LogP contribution >= 0.6 is 0 Å². The van der Waals surface area contributed by atoms with Gasteiger partial charge in [0.05, 0.1) is 5.92 Å². The Morgan fingerprint density at radius 2 is 2.00 bits per heavy atom. The Balaban J connectivity index is 1.61. The molecule has 1 aliphatic heterocycles. The second-order valence-electron chi connectivity index (χ2n) is 6.60. The Bertz CT molecular complexity index is 564. The number of carbonyl (C=O) groups excluding carboxylic acids is 2. The summed E-state index contributed by atoms with van der Waals surface area (Å²) in [5.41, 5.74) is 1.93. The number of amides is 2. The Kier molecular flexibility index (Phi) is 4.46. The van der Waals surface area contributed by atoms with Crippen LogP contribution in [0.5, 0.6) is 0 Å². The molecule has 4 nitrogen and oxygen atoms in total.